The molecule has 0 heterocycles. The summed E-state index contributed by atoms with van der Waals surface area (Å²) in [5, 5.41) is 14.7. The van der Waals surface area contributed by atoms with Gasteiger partial charge in [-0.05, 0) is 35.4 Å². The van der Waals surface area contributed by atoms with E-state index in [1.165, 1.54) is 0 Å². The number of benzene rings is 3. The molecule has 0 saturated carbocycles. The van der Waals surface area contributed by atoms with Crippen LogP contribution in [0.3, 0.4) is 0 Å². The highest BCUT2D eigenvalue weighted by atomic mass is 35.5. The average molecular weight is 432 g/mol. The Morgan fingerprint density at radius 1 is 0.966 bits per heavy atom. The Morgan fingerprint density at radius 2 is 1.76 bits per heavy atom. The van der Waals surface area contributed by atoms with Crippen molar-refractivity contribution < 1.29 is 14.6 Å². The zero-order valence-corrected chi connectivity index (χ0v) is 17.6. The minimum Gasteiger partial charge on any atom is -0.493 e. The molecule has 152 valence electrons. The first-order chi connectivity index (χ1) is 14.1. The third kappa shape index (κ3) is 6.12. The summed E-state index contributed by atoms with van der Waals surface area (Å²) >= 11 is 12.1. The van der Waals surface area contributed by atoms with Crippen LogP contribution in [0.15, 0.2) is 66.7 Å². The number of methoxy groups -OCH3 is 1. The topological polar surface area (TPSA) is 50.7 Å². The Kier molecular flexibility index (Phi) is 7.78. The predicted octanol–water partition coefficient (Wildman–Crippen LogP) is 5.40. The Labute approximate surface area is 181 Å². The molecule has 0 radical (unpaired) electrons. The summed E-state index contributed by atoms with van der Waals surface area (Å²) in [4.78, 5) is 0. The second-order valence-electron chi connectivity index (χ2n) is 6.57. The second-order valence-corrected chi connectivity index (χ2v) is 7.41. The van der Waals surface area contributed by atoms with Gasteiger partial charge in [-0.15, -0.1) is 0 Å². The van der Waals surface area contributed by atoms with Crippen LogP contribution in [0.1, 0.15) is 22.8 Å². The number of hydrogen-bond donors (Lipinski definition) is 2. The zero-order chi connectivity index (χ0) is 20.6. The molecule has 0 spiro atoms. The van der Waals surface area contributed by atoms with Crippen LogP contribution in [-0.4, -0.2) is 18.8 Å². The highest BCUT2D eigenvalue weighted by Gasteiger charge is 2.10. The maximum absolute atomic E-state index is 10.2. The lowest BCUT2D eigenvalue weighted by Crippen LogP contribution is -2.21. The predicted molar refractivity (Wildman–Crippen MR) is 117 cm³/mol. The van der Waals surface area contributed by atoms with Crippen LogP contribution in [0, 0.1) is 0 Å². The van der Waals surface area contributed by atoms with Crippen molar-refractivity contribution in [3.05, 3.63) is 93.5 Å². The molecule has 0 aromatic heterocycles. The fourth-order valence-electron chi connectivity index (χ4n) is 2.88. The van der Waals surface area contributed by atoms with Gasteiger partial charge in [0.05, 0.1) is 13.2 Å². The highest BCUT2D eigenvalue weighted by Crippen LogP contribution is 2.30. The van der Waals surface area contributed by atoms with Gasteiger partial charge in [0.15, 0.2) is 11.5 Å². The molecule has 2 N–H and O–H groups in total. The zero-order valence-electron chi connectivity index (χ0n) is 16.1. The second kappa shape index (κ2) is 10.5. The van der Waals surface area contributed by atoms with Crippen molar-refractivity contribution in [2.24, 2.45) is 0 Å². The molecule has 1 atom stereocenters. The molecule has 6 heteroatoms. The molecule has 3 aromatic rings. The molecule has 29 heavy (non-hydrogen) atoms. The summed E-state index contributed by atoms with van der Waals surface area (Å²) in [7, 11) is 1.60. The van der Waals surface area contributed by atoms with Crippen LogP contribution in [0.4, 0.5) is 0 Å². The maximum atomic E-state index is 10.2. The maximum Gasteiger partial charge on any atom is 0.161 e. The number of hydrogen-bond acceptors (Lipinski definition) is 4. The molecule has 0 aliphatic rings. The summed E-state index contributed by atoms with van der Waals surface area (Å²) < 4.78 is 11.3. The summed E-state index contributed by atoms with van der Waals surface area (Å²) in [6.07, 6.45) is -0.551. The van der Waals surface area contributed by atoms with Crippen molar-refractivity contribution >= 4 is 23.2 Å². The van der Waals surface area contributed by atoms with Gasteiger partial charge in [-0.2, -0.15) is 0 Å². The SMILES string of the molecule is COc1cc(CNC[C@@H](O)c2ccccc2)ccc1OCc1ccc(Cl)cc1Cl. The minimum atomic E-state index is -0.551. The molecule has 3 aromatic carbocycles. The van der Waals surface area contributed by atoms with E-state index < -0.39 is 6.10 Å². The van der Waals surface area contributed by atoms with E-state index in [-0.39, 0.29) is 0 Å². The number of nitrogens with one attached hydrogen (secondary N) is 1. The van der Waals surface area contributed by atoms with E-state index in [4.69, 9.17) is 32.7 Å². The fraction of sp³-hybridized carbons (Fsp3) is 0.217. The molecule has 0 aliphatic carbocycles. The van der Waals surface area contributed by atoms with Crippen molar-refractivity contribution in [1.29, 1.82) is 0 Å². The van der Waals surface area contributed by atoms with Crippen molar-refractivity contribution in [2.45, 2.75) is 19.3 Å². The summed E-state index contributed by atoms with van der Waals surface area (Å²) in [6.45, 7) is 1.37. The third-order valence-corrected chi connectivity index (χ3v) is 5.06. The number of halogens is 2. The number of rotatable bonds is 9. The molecular weight excluding hydrogens is 409 g/mol. The lowest BCUT2D eigenvalue weighted by atomic mass is 10.1. The fourth-order valence-corrected chi connectivity index (χ4v) is 3.34. The van der Waals surface area contributed by atoms with E-state index in [1.54, 1.807) is 19.2 Å². The van der Waals surface area contributed by atoms with Gasteiger partial charge in [-0.1, -0.05) is 65.7 Å². The van der Waals surface area contributed by atoms with Crippen LogP contribution < -0.4 is 14.8 Å². The first-order valence-corrected chi connectivity index (χ1v) is 10.00. The first-order valence-electron chi connectivity index (χ1n) is 9.24. The standard InChI is InChI=1S/C23H23Cl2NO3/c1-28-23-11-16(13-26-14-21(27)17-5-3-2-4-6-17)7-10-22(23)29-15-18-8-9-19(24)12-20(18)25/h2-12,21,26-27H,13-15H2,1H3/t21-/m1/s1. The summed E-state index contributed by atoms with van der Waals surface area (Å²) in [5.74, 6) is 1.27. The molecule has 0 fully saturated rings. The van der Waals surface area contributed by atoms with Gasteiger partial charge in [-0.25, -0.2) is 0 Å². The molecule has 4 nitrogen and oxygen atoms in total. The molecule has 0 unspecified atom stereocenters. The van der Waals surface area contributed by atoms with Crippen LogP contribution in [0.25, 0.3) is 0 Å². The Hall–Kier alpha value is -2.24. The van der Waals surface area contributed by atoms with E-state index in [0.29, 0.717) is 41.2 Å². The van der Waals surface area contributed by atoms with Crippen LogP contribution >= 0.6 is 23.2 Å². The normalized spacial score (nSPS) is 11.9. The number of aliphatic hydroxyl groups is 1. The molecule has 0 amide bonds. The minimum absolute atomic E-state index is 0.313. The smallest absolute Gasteiger partial charge is 0.161 e. The van der Waals surface area contributed by atoms with Crippen LogP contribution in [-0.2, 0) is 13.2 Å². The van der Waals surface area contributed by atoms with Gasteiger partial charge in [0, 0.05) is 28.7 Å². The van der Waals surface area contributed by atoms with E-state index in [2.05, 4.69) is 5.32 Å². The Morgan fingerprint density at radius 3 is 2.48 bits per heavy atom. The van der Waals surface area contributed by atoms with Crippen molar-refractivity contribution in [1.82, 2.24) is 5.32 Å². The van der Waals surface area contributed by atoms with Gasteiger partial charge in [0.25, 0.3) is 0 Å². The quantitative estimate of drug-likeness (QED) is 0.475. The Bertz CT molecular complexity index is 935. The average Bonchev–Trinajstić information content (AvgIpc) is 2.74. The van der Waals surface area contributed by atoms with Gasteiger partial charge >= 0.3 is 0 Å². The molecule has 0 saturated heterocycles. The third-order valence-electron chi connectivity index (χ3n) is 4.48. The molecular formula is C23H23Cl2NO3. The van der Waals surface area contributed by atoms with Gasteiger partial charge in [0.2, 0.25) is 0 Å². The van der Waals surface area contributed by atoms with Crippen molar-refractivity contribution in [2.75, 3.05) is 13.7 Å². The van der Waals surface area contributed by atoms with E-state index in [0.717, 1.165) is 16.7 Å². The van der Waals surface area contributed by atoms with Crippen LogP contribution in [0.2, 0.25) is 10.0 Å². The Balaban J connectivity index is 1.56. The van der Waals surface area contributed by atoms with E-state index in [1.807, 2.05) is 54.6 Å². The molecule has 0 aliphatic heterocycles. The first kappa shape index (κ1) is 21.5. The lowest BCUT2D eigenvalue weighted by molar-refractivity contribution is 0.174. The van der Waals surface area contributed by atoms with Crippen molar-refractivity contribution in [3.63, 3.8) is 0 Å². The lowest BCUT2D eigenvalue weighted by Gasteiger charge is -2.15. The highest BCUT2D eigenvalue weighted by molar-refractivity contribution is 6.35. The van der Waals surface area contributed by atoms with E-state index >= 15 is 0 Å². The molecule has 3 rings (SSSR count). The monoisotopic (exact) mass is 431 g/mol. The number of ether oxygens (including phenoxy) is 2. The molecule has 0 bridgehead atoms. The largest absolute Gasteiger partial charge is 0.493 e. The summed E-state index contributed by atoms with van der Waals surface area (Å²) in [6, 6.07) is 20.6. The van der Waals surface area contributed by atoms with Gasteiger partial charge < -0.3 is 19.9 Å². The van der Waals surface area contributed by atoms with Gasteiger partial charge in [0.1, 0.15) is 6.61 Å². The van der Waals surface area contributed by atoms with Gasteiger partial charge in [-0.3, -0.25) is 0 Å². The number of aliphatic hydroxyl groups excluding tert-OH is 1. The summed E-state index contributed by atoms with van der Waals surface area (Å²) in [5.41, 5.74) is 2.76. The van der Waals surface area contributed by atoms with Crippen molar-refractivity contribution in [3.8, 4) is 11.5 Å². The van der Waals surface area contributed by atoms with Crippen LogP contribution in [0.5, 0.6) is 11.5 Å². The van der Waals surface area contributed by atoms with E-state index in [9.17, 15) is 5.11 Å².